The molecule has 1 heterocycles. The van der Waals surface area contributed by atoms with Gasteiger partial charge in [-0.15, -0.1) is 0 Å². The zero-order valence-corrected chi connectivity index (χ0v) is 10.1. The predicted molar refractivity (Wildman–Crippen MR) is 63.4 cm³/mol. The average Bonchev–Trinajstić information content (AvgIpc) is 2.76. The van der Waals surface area contributed by atoms with Crippen LogP contribution >= 0.6 is 12.2 Å². The van der Waals surface area contributed by atoms with Gasteiger partial charge in [-0.2, -0.15) is 0 Å². The Morgan fingerprint density at radius 2 is 2.13 bits per heavy atom. The van der Waals surface area contributed by atoms with Crippen molar-refractivity contribution >= 4 is 23.1 Å². The third-order valence-electron chi connectivity index (χ3n) is 3.82. The van der Waals surface area contributed by atoms with Crippen LogP contribution in [0.2, 0.25) is 0 Å². The number of hydrogen-bond donors (Lipinski definition) is 1. The Kier molecular flexibility index (Phi) is 2.49. The number of hydrogen-bond acceptors (Lipinski definition) is 2. The molecule has 1 saturated carbocycles. The molecule has 0 aromatic rings. The molecule has 2 atom stereocenters. The summed E-state index contributed by atoms with van der Waals surface area (Å²) >= 11 is 4.96. The Morgan fingerprint density at radius 1 is 1.47 bits per heavy atom. The number of likely N-dealkylation sites (tertiary alicyclic amines) is 1. The summed E-state index contributed by atoms with van der Waals surface area (Å²) in [4.78, 5) is 14.6. The van der Waals surface area contributed by atoms with Crippen LogP contribution in [-0.4, -0.2) is 28.4 Å². The number of amides is 1. The highest BCUT2D eigenvalue weighted by Crippen LogP contribution is 2.39. The van der Waals surface area contributed by atoms with Crippen molar-refractivity contribution in [3.05, 3.63) is 0 Å². The monoisotopic (exact) mass is 226 g/mol. The van der Waals surface area contributed by atoms with Crippen LogP contribution < -0.4 is 5.73 Å². The first-order valence-corrected chi connectivity index (χ1v) is 5.94. The van der Waals surface area contributed by atoms with Gasteiger partial charge in [0.2, 0.25) is 5.91 Å². The van der Waals surface area contributed by atoms with Gasteiger partial charge in [-0.1, -0.05) is 12.2 Å². The summed E-state index contributed by atoms with van der Waals surface area (Å²) < 4.78 is 0. The maximum atomic E-state index is 12.3. The lowest BCUT2D eigenvalue weighted by atomic mass is 9.90. The number of thiocarbonyl (C=S) groups is 1. The fourth-order valence-corrected chi connectivity index (χ4v) is 2.73. The molecule has 2 aliphatic rings. The van der Waals surface area contributed by atoms with Crippen molar-refractivity contribution in [2.75, 3.05) is 6.54 Å². The first-order valence-electron chi connectivity index (χ1n) is 5.54. The second kappa shape index (κ2) is 3.44. The SMILES string of the molecule is CC(C)(C(=O)N1CC2CCC1C2)C(N)=S. The van der Waals surface area contributed by atoms with Crippen LogP contribution in [0.4, 0.5) is 0 Å². The number of fused-ring (bicyclic) bond motifs is 2. The number of piperidine rings is 1. The second-order valence-electron chi connectivity index (χ2n) is 5.28. The number of nitrogens with zero attached hydrogens (tertiary/aromatic N) is 1. The van der Waals surface area contributed by atoms with E-state index < -0.39 is 5.41 Å². The highest BCUT2D eigenvalue weighted by molar-refractivity contribution is 7.80. The summed E-state index contributed by atoms with van der Waals surface area (Å²) in [6.45, 7) is 4.56. The molecule has 2 rings (SSSR count). The standard InChI is InChI=1S/C11H18N2OS/c1-11(2,9(12)15)10(14)13-6-7-3-4-8(13)5-7/h7-8H,3-6H2,1-2H3,(H2,12,15). The minimum absolute atomic E-state index is 0.113. The Balaban J connectivity index is 2.12. The van der Waals surface area contributed by atoms with Crippen LogP contribution in [-0.2, 0) is 4.79 Å². The van der Waals surface area contributed by atoms with E-state index in [1.165, 1.54) is 12.8 Å². The Hall–Kier alpha value is -0.640. The quantitative estimate of drug-likeness (QED) is 0.722. The number of carbonyl (C=O) groups is 1. The van der Waals surface area contributed by atoms with E-state index in [-0.39, 0.29) is 5.91 Å². The zero-order chi connectivity index (χ0) is 11.2. The van der Waals surface area contributed by atoms with Crippen molar-refractivity contribution in [1.82, 2.24) is 4.90 Å². The fraction of sp³-hybridized carbons (Fsp3) is 0.818. The molecule has 15 heavy (non-hydrogen) atoms. The highest BCUT2D eigenvalue weighted by atomic mass is 32.1. The van der Waals surface area contributed by atoms with Gasteiger partial charge in [0.25, 0.3) is 0 Å². The minimum Gasteiger partial charge on any atom is -0.392 e. The van der Waals surface area contributed by atoms with Gasteiger partial charge in [-0.3, -0.25) is 4.79 Å². The van der Waals surface area contributed by atoms with E-state index in [9.17, 15) is 4.79 Å². The summed E-state index contributed by atoms with van der Waals surface area (Å²) in [7, 11) is 0. The molecule has 1 amide bonds. The van der Waals surface area contributed by atoms with Gasteiger partial charge in [0.1, 0.15) is 0 Å². The van der Waals surface area contributed by atoms with E-state index in [2.05, 4.69) is 0 Å². The van der Waals surface area contributed by atoms with Crippen molar-refractivity contribution in [3.8, 4) is 0 Å². The smallest absolute Gasteiger partial charge is 0.235 e. The molecule has 3 nitrogen and oxygen atoms in total. The maximum absolute atomic E-state index is 12.3. The molecule has 0 radical (unpaired) electrons. The molecule has 2 unspecified atom stereocenters. The first-order chi connectivity index (χ1) is 6.93. The maximum Gasteiger partial charge on any atom is 0.235 e. The van der Waals surface area contributed by atoms with Crippen molar-refractivity contribution < 1.29 is 4.79 Å². The summed E-state index contributed by atoms with van der Waals surface area (Å²) in [5.74, 6) is 0.836. The molecule has 1 aliphatic heterocycles. The molecule has 1 aliphatic carbocycles. The number of rotatable bonds is 2. The second-order valence-corrected chi connectivity index (χ2v) is 5.72. The summed E-state index contributed by atoms with van der Waals surface area (Å²) in [6, 6.07) is 0.455. The van der Waals surface area contributed by atoms with Crippen LogP contribution in [0.5, 0.6) is 0 Å². The molecular formula is C11H18N2OS. The molecule has 1 saturated heterocycles. The van der Waals surface area contributed by atoms with Crippen molar-refractivity contribution in [2.45, 2.75) is 39.2 Å². The van der Waals surface area contributed by atoms with Crippen LogP contribution in [0.3, 0.4) is 0 Å². The summed E-state index contributed by atoms with van der Waals surface area (Å²) in [6.07, 6.45) is 3.62. The average molecular weight is 226 g/mol. The third kappa shape index (κ3) is 1.65. The Bertz CT molecular complexity index is 314. The van der Waals surface area contributed by atoms with E-state index in [0.29, 0.717) is 11.0 Å². The molecular weight excluding hydrogens is 208 g/mol. The topological polar surface area (TPSA) is 46.3 Å². The molecule has 2 N–H and O–H groups in total. The lowest BCUT2D eigenvalue weighted by molar-refractivity contribution is -0.138. The molecule has 84 valence electrons. The summed E-state index contributed by atoms with van der Waals surface area (Å²) in [5.41, 5.74) is 4.94. The molecule has 0 aromatic heterocycles. The van der Waals surface area contributed by atoms with Gasteiger partial charge < -0.3 is 10.6 Å². The lowest BCUT2D eigenvalue weighted by Crippen LogP contribution is -2.49. The van der Waals surface area contributed by atoms with Crippen molar-refractivity contribution in [1.29, 1.82) is 0 Å². The van der Waals surface area contributed by atoms with Gasteiger partial charge in [-0.05, 0) is 39.0 Å². The lowest BCUT2D eigenvalue weighted by Gasteiger charge is -2.34. The normalized spacial score (nSPS) is 29.6. The molecule has 0 aromatic carbocycles. The van der Waals surface area contributed by atoms with E-state index in [4.69, 9.17) is 18.0 Å². The van der Waals surface area contributed by atoms with E-state index in [0.717, 1.165) is 18.9 Å². The highest BCUT2D eigenvalue weighted by Gasteiger charge is 2.45. The first kappa shape index (κ1) is 10.9. The van der Waals surface area contributed by atoms with Gasteiger partial charge in [0.15, 0.2) is 0 Å². The van der Waals surface area contributed by atoms with Gasteiger partial charge >= 0.3 is 0 Å². The Labute approximate surface area is 96.0 Å². The molecule has 2 bridgehead atoms. The van der Waals surface area contributed by atoms with Gasteiger partial charge in [-0.25, -0.2) is 0 Å². The number of carbonyl (C=O) groups excluding carboxylic acids is 1. The van der Waals surface area contributed by atoms with E-state index in [1.54, 1.807) is 0 Å². The third-order valence-corrected chi connectivity index (χ3v) is 4.33. The predicted octanol–water partition coefficient (Wildman–Crippen LogP) is 1.31. The molecule has 4 heteroatoms. The van der Waals surface area contributed by atoms with E-state index >= 15 is 0 Å². The fourth-order valence-electron chi connectivity index (χ4n) is 2.64. The Morgan fingerprint density at radius 3 is 2.53 bits per heavy atom. The number of nitrogens with two attached hydrogens (primary N) is 1. The van der Waals surface area contributed by atoms with Crippen LogP contribution in [0, 0.1) is 11.3 Å². The van der Waals surface area contributed by atoms with Crippen molar-refractivity contribution in [3.63, 3.8) is 0 Å². The summed E-state index contributed by atoms with van der Waals surface area (Å²) in [5, 5.41) is 0. The van der Waals surface area contributed by atoms with Crippen LogP contribution in [0.15, 0.2) is 0 Å². The van der Waals surface area contributed by atoms with Crippen molar-refractivity contribution in [2.24, 2.45) is 17.1 Å². The molecule has 0 spiro atoms. The van der Waals surface area contributed by atoms with Gasteiger partial charge in [0.05, 0.1) is 10.4 Å². The molecule has 2 fully saturated rings. The zero-order valence-electron chi connectivity index (χ0n) is 9.32. The van der Waals surface area contributed by atoms with E-state index in [1.807, 2.05) is 18.7 Å². The van der Waals surface area contributed by atoms with Gasteiger partial charge in [0, 0.05) is 12.6 Å². The van der Waals surface area contributed by atoms with Crippen LogP contribution in [0.1, 0.15) is 33.1 Å². The minimum atomic E-state index is -0.681. The largest absolute Gasteiger partial charge is 0.392 e. The van der Waals surface area contributed by atoms with Crippen LogP contribution in [0.25, 0.3) is 0 Å².